The number of fused-ring (bicyclic) bond motifs is 1. The fourth-order valence-corrected chi connectivity index (χ4v) is 2.85. The van der Waals surface area contributed by atoms with Gasteiger partial charge in [-0.15, -0.1) is 0 Å². The van der Waals surface area contributed by atoms with Gasteiger partial charge in [0.2, 0.25) is 0 Å². The molecule has 0 aliphatic carbocycles. The number of hydrogen-bond donors (Lipinski definition) is 1. The Morgan fingerprint density at radius 2 is 1.70 bits per heavy atom. The molecule has 0 fully saturated rings. The third-order valence-corrected chi connectivity index (χ3v) is 3.91. The van der Waals surface area contributed by atoms with Gasteiger partial charge in [-0.1, -0.05) is 56.3 Å². The molecule has 0 bridgehead atoms. The summed E-state index contributed by atoms with van der Waals surface area (Å²) in [4.78, 5) is 4.60. The number of ether oxygens (including phenoxy) is 1. The second-order valence-corrected chi connectivity index (χ2v) is 5.91. The van der Waals surface area contributed by atoms with Crippen LogP contribution in [0.1, 0.15) is 36.6 Å². The predicted octanol–water partition coefficient (Wildman–Crippen LogP) is 4.43. The zero-order valence-corrected chi connectivity index (χ0v) is 13.5. The summed E-state index contributed by atoms with van der Waals surface area (Å²) in [6.07, 6.45) is 0. The van der Waals surface area contributed by atoms with Crippen molar-refractivity contribution in [3.05, 3.63) is 71.4 Å². The van der Waals surface area contributed by atoms with Gasteiger partial charge in [0.1, 0.15) is 12.4 Å². The summed E-state index contributed by atoms with van der Waals surface area (Å²) in [6.45, 7) is 4.61. The molecule has 3 heteroatoms. The van der Waals surface area contributed by atoms with Crippen molar-refractivity contribution >= 4 is 10.9 Å². The van der Waals surface area contributed by atoms with E-state index in [1.165, 1.54) is 0 Å². The fraction of sp³-hybridized carbons (Fsp3) is 0.250. The van der Waals surface area contributed by atoms with Crippen LogP contribution in [0.15, 0.2) is 54.6 Å². The lowest BCUT2D eigenvalue weighted by Gasteiger charge is -2.19. The molecule has 118 valence electrons. The van der Waals surface area contributed by atoms with Gasteiger partial charge >= 0.3 is 0 Å². The van der Waals surface area contributed by atoms with Gasteiger partial charge in [0.15, 0.2) is 0 Å². The molecule has 0 unspecified atom stereocenters. The topological polar surface area (TPSA) is 42.4 Å². The Hall–Kier alpha value is -2.39. The lowest BCUT2D eigenvalue weighted by Crippen LogP contribution is -2.06. The van der Waals surface area contributed by atoms with E-state index in [-0.39, 0.29) is 12.5 Å². The number of hydrogen-bond acceptors (Lipinski definition) is 3. The van der Waals surface area contributed by atoms with E-state index in [0.29, 0.717) is 12.3 Å². The van der Waals surface area contributed by atoms with Crippen LogP contribution in [-0.2, 0) is 13.2 Å². The molecule has 0 atom stereocenters. The number of aliphatic hydroxyl groups is 1. The summed E-state index contributed by atoms with van der Waals surface area (Å²) in [5.41, 5.74) is 3.65. The van der Waals surface area contributed by atoms with E-state index in [2.05, 4.69) is 18.8 Å². The number of pyridine rings is 1. The Bertz CT molecular complexity index is 797. The second-order valence-electron chi connectivity index (χ2n) is 5.91. The zero-order valence-electron chi connectivity index (χ0n) is 13.5. The second kappa shape index (κ2) is 6.80. The van der Waals surface area contributed by atoms with E-state index in [1.807, 2.05) is 54.6 Å². The lowest BCUT2D eigenvalue weighted by molar-refractivity contribution is 0.270. The first-order valence-electron chi connectivity index (χ1n) is 7.89. The Balaban J connectivity index is 2.09. The fourth-order valence-electron chi connectivity index (χ4n) is 2.85. The SMILES string of the molecule is CC(C)c1c(CO)nc2ccccc2c1OCc1ccccc1. The predicted molar refractivity (Wildman–Crippen MR) is 92.5 cm³/mol. The summed E-state index contributed by atoms with van der Waals surface area (Å²) < 4.78 is 6.19. The molecule has 0 amide bonds. The molecule has 3 rings (SSSR count). The van der Waals surface area contributed by atoms with Crippen molar-refractivity contribution in [3.63, 3.8) is 0 Å². The van der Waals surface area contributed by atoms with Gasteiger partial charge in [0.25, 0.3) is 0 Å². The van der Waals surface area contributed by atoms with Gasteiger partial charge in [0.05, 0.1) is 17.8 Å². The number of nitrogens with zero attached hydrogens (tertiary/aromatic N) is 1. The smallest absolute Gasteiger partial charge is 0.134 e. The monoisotopic (exact) mass is 307 g/mol. The standard InChI is InChI=1S/C20H21NO2/c1-14(2)19-18(12-22)21-17-11-7-6-10-16(17)20(19)23-13-15-8-4-3-5-9-15/h3-11,14,22H,12-13H2,1-2H3. The molecule has 0 saturated carbocycles. The van der Waals surface area contributed by atoms with Crippen molar-refractivity contribution in [3.8, 4) is 5.75 Å². The Morgan fingerprint density at radius 3 is 2.39 bits per heavy atom. The molecule has 0 spiro atoms. The zero-order chi connectivity index (χ0) is 16.2. The third kappa shape index (κ3) is 3.20. The molecular formula is C20H21NO2. The number of para-hydroxylation sites is 1. The van der Waals surface area contributed by atoms with Crippen molar-refractivity contribution < 1.29 is 9.84 Å². The first-order chi connectivity index (χ1) is 11.2. The highest BCUT2D eigenvalue weighted by molar-refractivity contribution is 5.87. The summed E-state index contributed by atoms with van der Waals surface area (Å²) in [5, 5.41) is 10.7. The van der Waals surface area contributed by atoms with Gasteiger partial charge in [-0.25, -0.2) is 4.98 Å². The highest BCUT2D eigenvalue weighted by Crippen LogP contribution is 2.36. The number of aromatic nitrogens is 1. The van der Waals surface area contributed by atoms with Gasteiger partial charge < -0.3 is 9.84 Å². The molecule has 2 aromatic carbocycles. The molecule has 3 aromatic rings. The molecule has 23 heavy (non-hydrogen) atoms. The maximum Gasteiger partial charge on any atom is 0.134 e. The van der Waals surface area contributed by atoms with Crippen LogP contribution in [-0.4, -0.2) is 10.1 Å². The van der Waals surface area contributed by atoms with Gasteiger partial charge in [-0.05, 0) is 23.6 Å². The largest absolute Gasteiger partial charge is 0.488 e. The molecule has 1 N–H and O–H groups in total. The van der Waals surface area contributed by atoms with Gasteiger partial charge in [0, 0.05) is 10.9 Å². The van der Waals surface area contributed by atoms with Crippen LogP contribution in [0.5, 0.6) is 5.75 Å². The van der Waals surface area contributed by atoms with E-state index in [9.17, 15) is 5.11 Å². The van der Waals surface area contributed by atoms with Crippen LogP contribution < -0.4 is 4.74 Å². The average Bonchev–Trinajstić information content (AvgIpc) is 2.59. The van der Waals surface area contributed by atoms with E-state index < -0.39 is 0 Å². The molecule has 0 saturated heterocycles. The van der Waals surface area contributed by atoms with Gasteiger partial charge in [-0.3, -0.25) is 0 Å². The van der Waals surface area contributed by atoms with E-state index in [0.717, 1.165) is 27.8 Å². The molecule has 0 aliphatic rings. The van der Waals surface area contributed by atoms with Crippen LogP contribution in [0.4, 0.5) is 0 Å². The summed E-state index contributed by atoms with van der Waals surface area (Å²) in [6, 6.07) is 18.0. The number of benzene rings is 2. The van der Waals surface area contributed by atoms with Crippen LogP contribution in [0.25, 0.3) is 10.9 Å². The minimum Gasteiger partial charge on any atom is -0.488 e. The van der Waals surface area contributed by atoms with Crippen LogP contribution in [0, 0.1) is 0 Å². The maximum atomic E-state index is 9.72. The first kappa shape index (κ1) is 15.5. The number of aliphatic hydroxyl groups excluding tert-OH is 1. The normalized spacial score (nSPS) is 11.1. The van der Waals surface area contributed by atoms with Crippen molar-refractivity contribution in [2.45, 2.75) is 33.0 Å². The first-order valence-corrected chi connectivity index (χ1v) is 7.89. The van der Waals surface area contributed by atoms with Crippen molar-refractivity contribution in [1.29, 1.82) is 0 Å². The quantitative estimate of drug-likeness (QED) is 0.758. The highest BCUT2D eigenvalue weighted by Gasteiger charge is 2.18. The summed E-state index contributed by atoms with van der Waals surface area (Å²) in [5.74, 6) is 1.05. The molecule has 0 radical (unpaired) electrons. The summed E-state index contributed by atoms with van der Waals surface area (Å²) >= 11 is 0. The van der Waals surface area contributed by atoms with E-state index >= 15 is 0 Å². The Morgan fingerprint density at radius 1 is 1.00 bits per heavy atom. The van der Waals surface area contributed by atoms with Crippen LogP contribution in [0.3, 0.4) is 0 Å². The van der Waals surface area contributed by atoms with Gasteiger partial charge in [-0.2, -0.15) is 0 Å². The van der Waals surface area contributed by atoms with Crippen molar-refractivity contribution in [2.24, 2.45) is 0 Å². The third-order valence-electron chi connectivity index (χ3n) is 3.91. The van der Waals surface area contributed by atoms with Crippen molar-refractivity contribution in [1.82, 2.24) is 4.98 Å². The minimum atomic E-state index is -0.0833. The highest BCUT2D eigenvalue weighted by atomic mass is 16.5. The lowest BCUT2D eigenvalue weighted by atomic mass is 9.97. The van der Waals surface area contributed by atoms with E-state index in [1.54, 1.807) is 0 Å². The van der Waals surface area contributed by atoms with E-state index in [4.69, 9.17) is 4.74 Å². The Labute approximate surface area is 136 Å². The average molecular weight is 307 g/mol. The van der Waals surface area contributed by atoms with Crippen LogP contribution >= 0.6 is 0 Å². The minimum absolute atomic E-state index is 0.0833. The Kier molecular flexibility index (Phi) is 4.58. The number of rotatable bonds is 5. The van der Waals surface area contributed by atoms with Crippen molar-refractivity contribution in [2.75, 3.05) is 0 Å². The molecular weight excluding hydrogens is 286 g/mol. The molecule has 0 aliphatic heterocycles. The molecule has 1 heterocycles. The maximum absolute atomic E-state index is 9.72. The summed E-state index contributed by atoms with van der Waals surface area (Å²) in [7, 11) is 0. The van der Waals surface area contributed by atoms with Crippen LogP contribution in [0.2, 0.25) is 0 Å². The molecule has 1 aromatic heterocycles. The molecule has 3 nitrogen and oxygen atoms in total.